The van der Waals surface area contributed by atoms with Crippen LogP contribution in [0.15, 0.2) is 140 Å². The maximum absolute atomic E-state index is 6.36. The minimum atomic E-state index is -0.387. The Morgan fingerprint density at radius 1 is 0.659 bits per heavy atom. The molecular formula is C40H27IN2O. The van der Waals surface area contributed by atoms with Crippen LogP contribution in [0.1, 0.15) is 24.0 Å². The van der Waals surface area contributed by atoms with Gasteiger partial charge in [0.1, 0.15) is 16.9 Å². The molecule has 0 radical (unpaired) electrons. The van der Waals surface area contributed by atoms with Crippen molar-refractivity contribution in [3.05, 3.63) is 139 Å². The summed E-state index contributed by atoms with van der Waals surface area (Å²) in [6, 6.07) is 39.2. The van der Waals surface area contributed by atoms with Crippen LogP contribution in [-0.4, -0.2) is 4.22 Å². The van der Waals surface area contributed by atoms with Gasteiger partial charge in [0.05, 0.1) is 9.91 Å². The van der Waals surface area contributed by atoms with E-state index < -0.39 is 0 Å². The molecule has 7 aromatic rings. The molecule has 2 atom stereocenters. The average molecular weight is 679 g/mol. The Kier molecular flexibility index (Phi) is 5.98. The first-order valence-corrected chi connectivity index (χ1v) is 17.2. The molecule has 0 saturated carbocycles. The van der Waals surface area contributed by atoms with Gasteiger partial charge in [-0.2, -0.15) is 0 Å². The van der Waals surface area contributed by atoms with E-state index in [4.69, 9.17) is 12.6 Å². The normalized spacial score (nSPS) is 17.7. The Morgan fingerprint density at radius 2 is 1.45 bits per heavy atom. The molecule has 2 heterocycles. The summed E-state index contributed by atoms with van der Waals surface area (Å²) in [6.07, 6.45) is 7.11. The van der Waals surface area contributed by atoms with Crippen LogP contribution in [0.25, 0.3) is 60.2 Å². The molecular weight excluding hydrogens is 651 g/mol. The molecule has 2 aliphatic rings. The highest BCUT2D eigenvalue weighted by Crippen LogP contribution is 2.47. The van der Waals surface area contributed by atoms with Crippen LogP contribution in [-0.2, 0) is 0 Å². The quantitative estimate of drug-likeness (QED) is 0.135. The second kappa shape index (κ2) is 10.2. The van der Waals surface area contributed by atoms with Crippen LogP contribution in [0.4, 0.5) is 11.4 Å². The molecule has 0 bridgehead atoms. The van der Waals surface area contributed by atoms with E-state index in [1.54, 1.807) is 0 Å². The van der Waals surface area contributed by atoms with Crippen molar-refractivity contribution >= 4 is 85.7 Å². The lowest BCUT2D eigenvalue weighted by atomic mass is 9.80. The first kappa shape index (κ1) is 25.8. The van der Waals surface area contributed by atoms with Crippen LogP contribution in [0.3, 0.4) is 0 Å². The summed E-state index contributed by atoms with van der Waals surface area (Å²) in [5, 5.41) is 7.18. The smallest absolute Gasteiger partial charge is 0.143 e. The molecule has 0 spiro atoms. The molecule has 0 fully saturated rings. The predicted octanol–water partition coefficient (Wildman–Crippen LogP) is 12.4. The number of hydrogen-bond acceptors (Lipinski definition) is 3. The van der Waals surface area contributed by atoms with E-state index in [0.717, 1.165) is 38.9 Å². The topological polar surface area (TPSA) is 37.9 Å². The molecule has 1 aliphatic heterocycles. The molecule has 9 rings (SSSR count). The van der Waals surface area contributed by atoms with Gasteiger partial charge in [0.25, 0.3) is 0 Å². The molecule has 1 aliphatic carbocycles. The van der Waals surface area contributed by atoms with E-state index in [-0.39, 0.29) is 21.0 Å². The molecule has 3 nitrogen and oxygen atoms in total. The zero-order valence-electron chi connectivity index (χ0n) is 24.0. The van der Waals surface area contributed by atoms with Crippen molar-refractivity contribution in [3.63, 3.8) is 0 Å². The molecule has 44 heavy (non-hydrogen) atoms. The lowest BCUT2D eigenvalue weighted by molar-refractivity contribution is 0.638. The molecule has 0 amide bonds. The van der Waals surface area contributed by atoms with Gasteiger partial charge in [-0.15, -0.1) is 0 Å². The third-order valence-electron chi connectivity index (χ3n) is 9.14. The Labute approximate surface area is 265 Å². The first-order valence-electron chi connectivity index (χ1n) is 15.0. The van der Waals surface area contributed by atoms with Crippen LogP contribution in [0, 0.1) is 5.92 Å². The van der Waals surface area contributed by atoms with Gasteiger partial charge in [-0.25, -0.2) is 8.14 Å². The summed E-state index contributed by atoms with van der Waals surface area (Å²) in [5.41, 5.74) is 10.1. The SMILES string of the molecule is CC1C=C(c2ccc3c4c(c5ccccc5c3c2)N=CI=N4)C=CC1c1cccc(-c2cccc3c2oc2ccccc23)c1. The van der Waals surface area contributed by atoms with Gasteiger partial charge in [-0.05, 0) is 51.1 Å². The van der Waals surface area contributed by atoms with Gasteiger partial charge in [0, 0.05) is 54.1 Å². The fourth-order valence-corrected chi connectivity index (χ4v) is 8.30. The van der Waals surface area contributed by atoms with E-state index in [1.165, 1.54) is 43.8 Å². The number of nitrogens with zero attached hydrogens (tertiary/aromatic N) is 2. The number of para-hydroxylation sites is 2. The van der Waals surface area contributed by atoms with Gasteiger partial charge < -0.3 is 4.42 Å². The Hall–Kier alpha value is -4.68. The summed E-state index contributed by atoms with van der Waals surface area (Å²) in [7, 11) is 0. The van der Waals surface area contributed by atoms with Gasteiger partial charge in [-0.1, -0.05) is 122 Å². The van der Waals surface area contributed by atoms with E-state index in [9.17, 15) is 0 Å². The van der Waals surface area contributed by atoms with Crippen molar-refractivity contribution in [1.82, 2.24) is 0 Å². The van der Waals surface area contributed by atoms with E-state index in [0.29, 0.717) is 11.8 Å². The third kappa shape index (κ3) is 4.05. The minimum Gasteiger partial charge on any atom is -0.455 e. The summed E-state index contributed by atoms with van der Waals surface area (Å²) < 4.78 is 13.3. The standard InChI is InChI=1S/C40H27IN2O/c1-24-20-25(26-17-19-34-36(22-26)31-10-2-3-12-33(31)38-39(34)43-41-23-42-38)16-18-29(24)27-8-6-9-28(21-27)30-13-7-14-35-32-11-4-5-15-37(32)44-40(30)35/h2-24,29H,1H3. The van der Waals surface area contributed by atoms with Gasteiger partial charge in [-0.3, -0.25) is 0 Å². The Morgan fingerprint density at radius 3 is 2.36 bits per heavy atom. The van der Waals surface area contributed by atoms with Gasteiger partial charge in [0.2, 0.25) is 0 Å². The number of fused-ring (bicyclic) bond motifs is 9. The van der Waals surface area contributed by atoms with E-state index in [1.807, 2.05) is 16.4 Å². The largest absolute Gasteiger partial charge is 0.455 e. The zero-order valence-corrected chi connectivity index (χ0v) is 26.2. The number of aliphatic imine (C=N–C) groups is 1. The van der Waals surface area contributed by atoms with Crippen LogP contribution >= 0.6 is 21.0 Å². The highest BCUT2D eigenvalue weighted by Gasteiger charge is 2.22. The fraction of sp³-hybridized carbons (Fsp3) is 0.0750. The highest BCUT2D eigenvalue weighted by molar-refractivity contribution is 14.2. The van der Waals surface area contributed by atoms with Crippen molar-refractivity contribution in [2.45, 2.75) is 12.8 Å². The maximum atomic E-state index is 6.36. The number of hydrogen-bond donors (Lipinski definition) is 0. The number of allylic oxidation sites excluding steroid dienone is 4. The minimum absolute atomic E-state index is 0.294. The summed E-state index contributed by atoms with van der Waals surface area (Å²) in [6.45, 7) is 2.33. The molecule has 210 valence electrons. The van der Waals surface area contributed by atoms with Crippen molar-refractivity contribution in [2.24, 2.45) is 14.1 Å². The number of halogens is 1. The van der Waals surface area contributed by atoms with E-state index >= 15 is 0 Å². The van der Waals surface area contributed by atoms with Crippen molar-refractivity contribution in [3.8, 4) is 11.1 Å². The predicted molar refractivity (Wildman–Crippen MR) is 194 cm³/mol. The van der Waals surface area contributed by atoms with E-state index in [2.05, 4.69) is 122 Å². The average Bonchev–Trinajstić information content (AvgIpc) is 3.47. The second-order valence-corrected chi connectivity index (χ2v) is 13.3. The fourth-order valence-electron chi connectivity index (χ4n) is 7.01. The Bertz CT molecular complexity index is 2430. The lowest BCUT2D eigenvalue weighted by Gasteiger charge is -2.24. The number of rotatable bonds is 3. The van der Waals surface area contributed by atoms with Crippen LogP contribution in [0.2, 0.25) is 0 Å². The van der Waals surface area contributed by atoms with Crippen molar-refractivity contribution in [1.29, 1.82) is 0 Å². The Balaban J connectivity index is 1.08. The van der Waals surface area contributed by atoms with Gasteiger partial charge >= 0.3 is 0 Å². The highest BCUT2D eigenvalue weighted by atomic mass is 127. The lowest BCUT2D eigenvalue weighted by Crippen LogP contribution is -2.09. The molecule has 2 unspecified atom stereocenters. The van der Waals surface area contributed by atoms with Crippen LogP contribution in [0.5, 0.6) is 0 Å². The molecule has 1 aromatic heterocycles. The third-order valence-corrected chi connectivity index (χ3v) is 10.4. The summed E-state index contributed by atoms with van der Waals surface area (Å²) in [4.78, 5) is 4.78. The maximum Gasteiger partial charge on any atom is 0.143 e. The molecule has 0 saturated heterocycles. The number of furan rings is 1. The molecule has 4 heteroatoms. The monoisotopic (exact) mass is 678 g/mol. The van der Waals surface area contributed by atoms with Crippen molar-refractivity contribution in [2.75, 3.05) is 0 Å². The summed E-state index contributed by atoms with van der Waals surface area (Å²) >= 11 is -0.387. The van der Waals surface area contributed by atoms with Crippen molar-refractivity contribution < 1.29 is 4.42 Å². The number of benzene rings is 6. The summed E-state index contributed by atoms with van der Waals surface area (Å²) in [5.74, 6) is 0.639. The zero-order chi connectivity index (χ0) is 29.2. The van der Waals surface area contributed by atoms with Gasteiger partial charge in [0.15, 0.2) is 0 Å². The second-order valence-electron chi connectivity index (χ2n) is 11.7. The van der Waals surface area contributed by atoms with Crippen LogP contribution < -0.4 is 0 Å². The first-order chi connectivity index (χ1) is 21.7. The molecule has 0 N–H and O–H groups in total. The molecule has 6 aromatic carbocycles.